The number of hydrogen-bond acceptors (Lipinski definition) is 6. The minimum atomic E-state index is -0.687. The molecule has 3 heterocycles. The van der Waals surface area contributed by atoms with E-state index in [2.05, 4.69) is 10.3 Å². The zero-order valence-corrected chi connectivity index (χ0v) is 19.3. The number of nitrogens with one attached hydrogen (secondary N) is 2. The number of rotatable bonds is 5. The Balaban J connectivity index is 1.37. The van der Waals surface area contributed by atoms with E-state index in [1.807, 2.05) is 31.3 Å². The molecule has 1 amide bonds. The molecule has 2 N–H and O–H groups in total. The Kier molecular flexibility index (Phi) is 5.94. The van der Waals surface area contributed by atoms with Crippen molar-refractivity contribution in [3.8, 4) is 17.4 Å². The Labute approximate surface area is 202 Å². The van der Waals surface area contributed by atoms with Crippen molar-refractivity contribution in [3.63, 3.8) is 0 Å². The van der Waals surface area contributed by atoms with E-state index in [0.717, 1.165) is 22.6 Å². The molecule has 1 fully saturated rings. The number of benzene rings is 2. The van der Waals surface area contributed by atoms with Crippen molar-refractivity contribution in [1.29, 1.82) is 5.41 Å². The van der Waals surface area contributed by atoms with Gasteiger partial charge >= 0.3 is 0 Å². The van der Waals surface area contributed by atoms with Gasteiger partial charge in [0.05, 0.1) is 5.70 Å². The molecule has 7 nitrogen and oxygen atoms in total. The number of aromatic nitrogens is 1. The van der Waals surface area contributed by atoms with Crippen molar-refractivity contribution in [2.24, 2.45) is 0 Å². The number of ether oxygens (including phenoxy) is 2. The summed E-state index contributed by atoms with van der Waals surface area (Å²) in [4.78, 5) is 19.4. The van der Waals surface area contributed by atoms with Crippen LogP contribution in [0.3, 0.4) is 0 Å². The normalized spacial score (nSPS) is 16.3. The molecule has 0 atom stereocenters. The van der Waals surface area contributed by atoms with Crippen LogP contribution in [-0.4, -0.2) is 47.7 Å². The summed E-state index contributed by atoms with van der Waals surface area (Å²) in [6, 6.07) is 16.7. The number of piperidine rings is 1. The highest BCUT2D eigenvalue weighted by atomic mass is 19.1. The highest BCUT2D eigenvalue weighted by Crippen LogP contribution is 2.44. The molecule has 0 aliphatic carbocycles. The topological polar surface area (TPSA) is 87.5 Å². The second-order valence-corrected chi connectivity index (χ2v) is 8.48. The van der Waals surface area contributed by atoms with E-state index in [4.69, 9.17) is 14.9 Å². The molecule has 178 valence electrons. The van der Waals surface area contributed by atoms with E-state index in [-0.39, 0.29) is 17.6 Å². The lowest BCUT2D eigenvalue weighted by Crippen LogP contribution is -2.53. The van der Waals surface area contributed by atoms with Crippen LogP contribution in [0, 0.1) is 11.2 Å². The van der Waals surface area contributed by atoms with E-state index < -0.39 is 5.60 Å². The summed E-state index contributed by atoms with van der Waals surface area (Å²) in [5.74, 6) is 0.764. The molecule has 3 aromatic rings. The van der Waals surface area contributed by atoms with Gasteiger partial charge in [-0.1, -0.05) is 12.1 Å². The lowest BCUT2D eigenvalue weighted by atomic mass is 9.80. The van der Waals surface area contributed by atoms with E-state index >= 15 is 0 Å². The summed E-state index contributed by atoms with van der Waals surface area (Å²) in [7, 11) is 1.85. The number of pyridine rings is 1. The second kappa shape index (κ2) is 9.21. The van der Waals surface area contributed by atoms with E-state index in [9.17, 15) is 9.18 Å². The van der Waals surface area contributed by atoms with Crippen LogP contribution >= 0.6 is 0 Å². The summed E-state index contributed by atoms with van der Waals surface area (Å²) < 4.78 is 25.5. The van der Waals surface area contributed by atoms with Gasteiger partial charge in [-0.15, -0.1) is 0 Å². The summed E-state index contributed by atoms with van der Waals surface area (Å²) in [6.07, 6.45) is 3.98. The van der Waals surface area contributed by atoms with Gasteiger partial charge < -0.3 is 25.1 Å². The zero-order valence-electron chi connectivity index (χ0n) is 19.3. The maximum atomic E-state index is 13.4. The number of amides is 1. The van der Waals surface area contributed by atoms with Gasteiger partial charge in [-0.25, -0.2) is 9.37 Å². The Morgan fingerprint density at radius 2 is 1.89 bits per heavy atom. The number of para-hydroxylation sites is 1. The van der Waals surface area contributed by atoms with Gasteiger partial charge in [0.15, 0.2) is 0 Å². The average Bonchev–Trinajstić information content (AvgIpc) is 2.89. The van der Waals surface area contributed by atoms with Crippen LogP contribution < -0.4 is 14.8 Å². The van der Waals surface area contributed by atoms with Crippen molar-refractivity contribution in [3.05, 3.63) is 89.4 Å². The molecule has 0 bridgehead atoms. The molecule has 1 saturated heterocycles. The first kappa shape index (κ1) is 22.6. The second-order valence-electron chi connectivity index (χ2n) is 8.48. The van der Waals surface area contributed by atoms with Gasteiger partial charge in [0.2, 0.25) is 5.88 Å². The summed E-state index contributed by atoms with van der Waals surface area (Å²) >= 11 is 0. The van der Waals surface area contributed by atoms with Crippen molar-refractivity contribution in [2.75, 3.05) is 20.1 Å². The van der Waals surface area contributed by atoms with Crippen LogP contribution in [0.2, 0.25) is 0 Å². The first-order valence-electron chi connectivity index (χ1n) is 11.4. The molecule has 8 heteroatoms. The standard InChI is InChI=1S/C27H25FN4O3/c1-30-24-20-5-2-3-7-23(20)35-27(22(24)17-29)12-15-32(16-13-27)26(33)21-6-4-14-31-25(21)34-19-10-8-18(28)9-11-19/h2-11,14,17,29-30H,12-13,15-16H2,1H3. The fraction of sp³-hybridized carbons (Fsp3) is 0.222. The summed E-state index contributed by atoms with van der Waals surface area (Å²) in [5, 5.41) is 11.4. The number of hydrogen-bond donors (Lipinski definition) is 2. The van der Waals surface area contributed by atoms with Gasteiger partial charge in [-0.2, -0.15) is 0 Å². The zero-order chi connectivity index (χ0) is 24.4. The van der Waals surface area contributed by atoms with Gasteiger partial charge in [0.25, 0.3) is 5.91 Å². The minimum Gasteiger partial charge on any atom is -0.482 e. The Bertz CT molecular complexity index is 1300. The number of likely N-dealkylation sites (tertiary alicyclic amines) is 1. The molecule has 35 heavy (non-hydrogen) atoms. The molecule has 2 aliphatic heterocycles. The molecule has 2 aromatic carbocycles. The largest absolute Gasteiger partial charge is 0.482 e. The van der Waals surface area contributed by atoms with Crippen LogP contribution in [0.4, 0.5) is 4.39 Å². The maximum absolute atomic E-state index is 13.4. The van der Waals surface area contributed by atoms with E-state index in [1.165, 1.54) is 30.5 Å². The number of halogens is 1. The summed E-state index contributed by atoms with van der Waals surface area (Å²) in [5.41, 5.74) is 2.24. The molecule has 0 saturated carbocycles. The molecule has 1 aromatic heterocycles. The first-order chi connectivity index (χ1) is 17.0. The number of carbonyl (C=O) groups is 1. The molecule has 1 spiro atoms. The SMILES string of the molecule is CNC1=C(C=N)C2(CCN(C(=O)c3cccnc3Oc3ccc(F)cc3)CC2)Oc2ccccc21. The fourth-order valence-corrected chi connectivity index (χ4v) is 4.74. The number of carbonyl (C=O) groups excluding carboxylic acids is 1. The maximum Gasteiger partial charge on any atom is 0.259 e. The Morgan fingerprint density at radius 3 is 2.60 bits per heavy atom. The lowest BCUT2D eigenvalue weighted by Gasteiger charge is -2.45. The van der Waals surface area contributed by atoms with Gasteiger partial charge in [0.1, 0.15) is 28.5 Å². The van der Waals surface area contributed by atoms with E-state index in [1.54, 1.807) is 23.2 Å². The van der Waals surface area contributed by atoms with Gasteiger partial charge in [0, 0.05) is 56.5 Å². The van der Waals surface area contributed by atoms with Crippen molar-refractivity contribution >= 4 is 17.8 Å². The van der Waals surface area contributed by atoms with Crippen molar-refractivity contribution in [1.82, 2.24) is 15.2 Å². The van der Waals surface area contributed by atoms with Crippen LogP contribution in [0.15, 0.2) is 72.4 Å². The molecule has 0 unspecified atom stereocenters. The average molecular weight is 473 g/mol. The molecule has 0 radical (unpaired) electrons. The van der Waals surface area contributed by atoms with E-state index in [0.29, 0.717) is 37.2 Å². The van der Waals surface area contributed by atoms with Gasteiger partial charge in [-0.3, -0.25) is 4.79 Å². The first-order valence-corrected chi connectivity index (χ1v) is 11.4. The Morgan fingerprint density at radius 1 is 1.14 bits per heavy atom. The third-order valence-corrected chi connectivity index (χ3v) is 6.50. The van der Waals surface area contributed by atoms with Gasteiger partial charge in [-0.05, 0) is 48.5 Å². The molecular weight excluding hydrogens is 447 g/mol. The third-order valence-electron chi connectivity index (χ3n) is 6.50. The van der Waals surface area contributed by atoms with Crippen molar-refractivity contribution in [2.45, 2.75) is 18.4 Å². The lowest BCUT2D eigenvalue weighted by molar-refractivity contribution is 0.0289. The minimum absolute atomic E-state index is 0.171. The van der Waals surface area contributed by atoms with Crippen molar-refractivity contribution < 1.29 is 18.7 Å². The molecule has 2 aliphatic rings. The monoisotopic (exact) mass is 472 g/mol. The van der Waals surface area contributed by atoms with Crippen LogP contribution in [0.1, 0.15) is 28.8 Å². The highest BCUT2D eigenvalue weighted by molar-refractivity contribution is 5.97. The highest BCUT2D eigenvalue weighted by Gasteiger charge is 2.45. The van der Waals surface area contributed by atoms with Crippen LogP contribution in [0.25, 0.3) is 5.70 Å². The quantitative estimate of drug-likeness (QED) is 0.528. The fourth-order valence-electron chi connectivity index (χ4n) is 4.74. The third kappa shape index (κ3) is 4.12. The Hall–Kier alpha value is -4.20. The summed E-state index contributed by atoms with van der Waals surface area (Å²) in [6.45, 7) is 0.889. The molecule has 5 rings (SSSR count). The number of fused-ring (bicyclic) bond motifs is 1. The molecular formula is C27H25FN4O3. The number of nitrogens with zero attached hydrogens (tertiary/aromatic N) is 2. The van der Waals surface area contributed by atoms with Crippen LogP contribution in [-0.2, 0) is 0 Å². The predicted molar refractivity (Wildman–Crippen MR) is 130 cm³/mol. The smallest absolute Gasteiger partial charge is 0.259 e. The van der Waals surface area contributed by atoms with Crippen LogP contribution in [0.5, 0.6) is 17.4 Å². The predicted octanol–water partition coefficient (Wildman–Crippen LogP) is 4.66.